The summed E-state index contributed by atoms with van der Waals surface area (Å²) in [6.45, 7) is 15.3. The standard InChI is InChI=1S/C24H20F3N5O2.C19H23F3N2O3.C14H15F3N2O.C11H18N2O2.C10H7N3O2.C8H6BrF3O.6CH4.ClH/c25-24(26,27)34-18-5-3-17(4-6-18)14-23(15-28)8-12-32(13-9-23)22(33)19-2-1-10-30-21(19)20-7-11-29-16-31-20;1-17(2,3)27-16(25)24-10-8-18(13-23,9-11-24)12-14-4-6-15(7-5-14)26-19(20,21)22;15-14(16,17)20-12-3-1-11(2-4-12)9-13(10-18)5-7-19-8-6-13;1-11(2,3)15-10(14)13-6-4-9(8-12)5-7-13;14-10(15)7-2-1-4-12-9(7)8-3-5-11-6-13-8;9-5-6-1-3-7(4-2-6)13-8(10,11)12;;;;;;;/h1-7,10-11,16H,8-9,12-14H2;4-7H,8-12H2,1-3H3;1-4,19H,5-9H2;9H,4-7H2,1-3H3;1-6H,(H,14,15);1-4H,5H2;6*1H4;1H. The Kier molecular flexibility index (Phi) is 48.9. The first-order valence-electron chi connectivity index (χ1n) is 38.5. The summed E-state index contributed by atoms with van der Waals surface area (Å²) in [5.74, 6) is -2.15. The first kappa shape index (κ1) is 119. The van der Waals surface area contributed by atoms with Gasteiger partial charge in [-0.3, -0.25) is 14.8 Å². The second-order valence-corrected chi connectivity index (χ2v) is 31.3. The molecule has 131 heavy (non-hydrogen) atoms. The van der Waals surface area contributed by atoms with E-state index in [4.69, 9.17) is 19.8 Å². The number of nitriles is 4. The second-order valence-electron chi connectivity index (χ2n) is 30.8. The number of piperidine rings is 4. The summed E-state index contributed by atoms with van der Waals surface area (Å²) in [5.41, 5.74) is 2.83. The lowest BCUT2D eigenvalue weighted by Gasteiger charge is -2.38. The summed E-state index contributed by atoms with van der Waals surface area (Å²) < 4.78 is 171. The van der Waals surface area contributed by atoms with Crippen LogP contribution in [0.3, 0.4) is 0 Å². The summed E-state index contributed by atoms with van der Waals surface area (Å²) >= 11 is 3.18. The van der Waals surface area contributed by atoms with E-state index in [-0.39, 0.29) is 103 Å². The number of rotatable bonds is 15. The van der Waals surface area contributed by atoms with Gasteiger partial charge in [-0.1, -0.05) is 109 Å². The predicted octanol–water partition coefficient (Wildman–Crippen LogP) is 23.2. The molecule has 4 aromatic carbocycles. The van der Waals surface area contributed by atoms with E-state index >= 15 is 0 Å². The summed E-state index contributed by atoms with van der Waals surface area (Å²) in [4.78, 5) is 77.0. The number of alkyl halides is 13. The monoisotopic (exact) mass is 1930 g/mol. The van der Waals surface area contributed by atoms with Crippen LogP contribution in [0.2, 0.25) is 0 Å². The van der Waals surface area contributed by atoms with Gasteiger partial charge in [0.1, 0.15) is 58.2 Å². The average molecular weight is 1940 g/mol. The van der Waals surface area contributed by atoms with E-state index in [0.29, 0.717) is 118 Å². The molecule has 2 N–H and O–H groups in total. The van der Waals surface area contributed by atoms with Crippen LogP contribution in [0.4, 0.5) is 62.3 Å². The minimum atomic E-state index is -4.75. The molecular formula is C92H114BrClF12N14O11. The third kappa shape index (κ3) is 41.2. The number of aromatic carboxylic acids is 1. The molecule has 25 nitrogen and oxygen atoms in total. The van der Waals surface area contributed by atoms with Crippen LogP contribution >= 0.6 is 28.3 Å². The second kappa shape index (κ2) is 53.9. The Hall–Kier alpha value is -12.1. The summed E-state index contributed by atoms with van der Waals surface area (Å²) in [5, 5.41) is 50.4. The molecule has 4 aliphatic rings. The van der Waals surface area contributed by atoms with Crippen LogP contribution in [-0.4, -0.2) is 163 Å². The zero-order valence-electron chi connectivity index (χ0n) is 68.6. The molecule has 4 aliphatic heterocycles. The normalized spacial score (nSPS) is 14.7. The number of hydrogen-bond donors (Lipinski definition) is 2. The number of carboxylic acids is 1. The van der Waals surface area contributed by atoms with E-state index in [9.17, 15) is 87.6 Å². The lowest BCUT2D eigenvalue weighted by molar-refractivity contribution is -0.275. The van der Waals surface area contributed by atoms with Crippen molar-refractivity contribution in [3.05, 3.63) is 204 Å². The number of carbonyl (C=O) groups is 4. The predicted molar refractivity (Wildman–Crippen MR) is 476 cm³/mol. The van der Waals surface area contributed by atoms with Crippen molar-refractivity contribution in [2.75, 3.05) is 52.4 Å². The molecule has 0 spiro atoms. The maximum atomic E-state index is 13.3. The topological polar surface area (TPSA) is 338 Å². The molecule has 0 saturated carbocycles. The number of pyridine rings is 2. The number of carboxylic acid groups (broad SMARTS) is 1. The molecule has 39 heteroatoms. The van der Waals surface area contributed by atoms with E-state index in [1.54, 1.807) is 109 Å². The van der Waals surface area contributed by atoms with Crippen LogP contribution in [0, 0.1) is 67.5 Å². The molecular weight excluding hydrogens is 1820 g/mol. The fourth-order valence-electron chi connectivity index (χ4n) is 13.0. The average Bonchev–Trinajstić information content (AvgIpc) is 0.798. The number of likely N-dealkylation sites (tertiary alicyclic amines) is 3. The van der Waals surface area contributed by atoms with Gasteiger partial charge in [-0.15, -0.1) is 65.1 Å². The first-order valence-corrected chi connectivity index (χ1v) is 39.7. The van der Waals surface area contributed by atoms with Crippen molar-refractivity contribution in [1.29, 1.82) is 21.0 Å². The van der Waals surface area contributed by atoms with Crippen molar-refractivity contribution < 1.29 is 105 Å². The van der Waals surface area contributed by atoms with E-state index in [1.165, 1.54) is 97.7 Å². The number of ether oxygens (including phenoxy) is 6. The Morgan fingerprint density at radius 2 is 0.740 bits per heavy atom. The Labute approximate surface area is 772 Å². The van der Waals surface area contributed by atoms with E-state index in [0.717, 1.165) is 61.0 Å². The van der Waals surface area contributed by atoms with Gasteiger partial charge < -0.3 is 53.5 Å². The fraction of sp³-hybridized carbons (Fsp3) is 0.457. The smallest absolute Gasteiger partial charge is 0.478 e. The van der Waals surface area contributed by atoms with Crippen LogP contribution in [-0.2, 0) is 34.1 Å². The van der Waals surface area contributed by atoms with Gasteiger partial charge in [0.05, 0.1) is 63.0 Å². The van der Waals surface area contributed by atoms with Crippen molar-refractivity contribution >= 4 is 52.4 Å². The van der Waals surface area contributed by atoms with Crippen LogP contribution in [0.1, 0.15) is 180 Å². The quantitative estimate of drug-likeness (QED) is 0.0711. The van der Waals surface area contributed by atoms with Gasteiger partial charge in [-0.05, 0) is 232 Å². The van der Waals surface area contributed by atoms with Gasteiger partial charge in [0.25, 0.3) is 5.91 Å². The maximum Gasteiger partial charge on any atom is 0.573 e. The highest BCUT2D eigenvalue weighted by molar-refractivity contribution is 9.08. The van der Waals surface area contributed by atoms with Crippen molar-refractivity contribution in [3.8, 4) is 70.1 Å². The van der Waals surface area contributed by atoms with Gasteiger partial charge in [0, 0.05) is 75.3 Å². The van der Waals surface area contributed by atoms with Gasteiger partial charge in [0.2, 0.25) is 0 Å². The third-order valence-corrected chi connectivity index (χ3v) is 19.8. The molecule has 0 aliphatic carbocycles. The maximum absolute atomic E-state index is 13.3. The van der Waals surface area contributed by atoms with Crippen LogP contribution in [0.25, 0.3) is 22.8 Å². The Balaban J connectivity index is 0.00000158. The van der Waals surface area contributed by atoms with Crippen molar-refractivity contribution in [2.45, 2.75) is 199 Å². The number of benzene rings is 4. The molecule has 3 amide bonds. The summed E-state index contributed by atoms with van der Waals surface area (Å²) in [7, 11) is 0. The Morgan fingerprint density at radius 3 is 1.03 bits per heavy atom. The zero-order valence-corrected chi connectivity index (χ0v) is 71.0. The Bertz CT molecular complexity index is 4930. The van der Waals surface area contributed by atoms with E-state index in [1.807, 2.05) is 20.8 Å². The number of aromatic nitrogens is 6. The Morgan fingerprint density at radius 1 is 0.435 bits per heavy atom. The molecule has 8 heterocycles. The minimum Gasteiger partial charge on any atom is -0.478 e. The molecule has 4 aromatic heterocycles. The van der Waals surface area contributed by atoms with Gasteiger partial charge in [-0.25, -0.2) is 34.3 Å². The molecule has 0 bridgehead atoms. The molecule has 0 unspecified atom stereocenters. The van der Waals surface area contributed by atoms with Crippen molar-refractivity contribution in [2.24, 2.45) is 22.2 Å². The molecule has 8 aromatic rings. The highest BCUT2D eigenvalue weighted by Crippen LogP contribution is 2.40. The van der Waals surface area contributed by atoms with Crippen molar-refractivity contribution in [3.63, 3.8) is 0 Å². The first-order chi connectivity index (χ1) is 58.3. The molecule has 0 radical (unpaired) electrons. The third-order valence-electron chi connectivity index (χ3n) is 19.1. The number of carbonyl (C=O) groups excluding carboxylic acids is 3. The zero-order chi connectivity index (χ0) is 91.2. The van der Waals surface area contributed by atoms with Crippen LogP contribution in [0.15, 0.2) is 171 Å². The SMILES string of the molecule is C.C.C.C.C.C.CC(C)(C)OC(=O)N1CCC(C#N)(Cc2ccc(OC(F)(F)F)cc2)CC1.CC(C)(C)OC(=O)N1CCC(C#N)CC1.Cl.FC(F)(F)Oc1ccc(CBr)cc1.N#CC1(Cc2ccc(OC(F)(F)F)cc2)CCN(C(=O)c2cccnc2-c2ccncn2)CC1.N#CC1(Cc2ccc(OC(F)(F)F)cc2)CCNCC1.O=C(O)c1cccnc1-c1ccncn1. The lowest BCUT2D eigenvalue weighted by atomic mass is 9.75. The van der Waals surface area contributed by atoms with Gasteiger partial charge in [0.15, 0.2) is 0 Å². The van der Waals surface area contributed by atoms with Crippen LogP contribution in [0.5, 0.6) is 23.0 Å². The molecule has 0 atom stereocenters. The number of hydrogen-bond acceptors (Lipinski definition) is 21. The molecule has 716 valence electrons. The highest BCUT2D eigenvalue weighted by atomic mass is 79.9. The molecule has 12 rings (SSSR count). The number of nitrogens with one attached hydrogen (secondary N) is 1. The number of nitrogens with zero attached hydrogens (tertiary/aromatic N) is 13. The lowest BCUT2D eigenvalue weighted by Crippen LogP contribution is -2.45. The van der Waals surface area contributed by atoms with E-state index in [2.05, 4.69) is 94.4 Å². The van der Waals surface area contributed by atoms with Crippen molar-refractivity contribution in [1.82, 2.24) is 49.9 Å². The van der Waals surface area contributed by atoms with Gasteiger partial charge >= 0.3 is 43.6 Å². The summed E-state index contributed by atoms with van der Waals surface area (Å²) in [6, 6.07) is 41.6. The summed E-state index contributed by atoms with van der Waals surface area (Å²) in [6.07, 6.45) is -4.25. The molecule has 4 fully saturated rings. The number of halogens is 14. The molecule has 4 saturated heterocycles. The highest BCUT2D eigenvalue weighted by Gasteiger charge is 2.41. The fourth-order valence-corrected chi connectivity index (χ4v) is 13.3. The largest absolute Gasteiger partial charge is 0.573 e. The van der Waals surface area contributed by atoms with Gasteiger partial charge in [-0.2, -0.15) is 21.0 Å². The van der Waals surface area contributed by atoms with E-state index < -0.39 is 65.0 Å². The minimum absolute atomic E-state index is 0. The number of amides is 3. The van der Waals surface area contributed by atoms with Crippen LogP contribution < -0.4 is 24.3 Å².